The molecule has 0 bridgehead atoms. The standard InChI is InChI=1S/C7H7FINO/c1-2-11-6-4-10-3-5(9)7(6)8/h3-4H,2H2,1H3. The van der Waals surface area contributed by atoms with Crippen molar-refractivity contribution < 1.29 is 9.13 Å². The van der Waals surface area contributed by atoms with E-state index in [-0.39, 0.29) is 11.6 Å². The fraction of sp³-hybridized carbons (Fsp3) is 0.286. The van der Waals surface area contributed by atoms with Crippen molar-refractivity contribution in [3.05, 3.63) is 21.8 Å². The van der Waals surface area contributed by atoms with Gasteiger partial charge in [0.15, 0.2) is 11.6 Å². The summed E-state index contributed by atoms with van der Waals surface area (Å²) in [4.78, 5) is 3.79. The van der Waals surface area contributed by atoms with Crippen molar-refractivity contribution in [2.75, 3.05) is 6.61 Å². The second-order valence-corrected chi connectivity index (χ2v) is 3.03. The van der Waals surface area contributed by atoms with Gasteiger partial charge >= 0.3 is 0 Å². The molecule has 0 atom stereocenters. The summed E-state index contributed by atoms with van der Waals surface area (Å²) in [6, 6.07) is 0. The summed E-state index contributed by atoms with van der Waals surface area (Å²) >= 11 is 1.87. The summed E-state index contributed by atoms with van der Waals surface area (Å²) in [6.45, 7) is 2.26. The van der Waals surface area contributed by atoms with Crippen LogP contribution in [0.4, 0.5) is 4.39 Å². The van der Waals surface area contributed by atoms with Crippen LogP contribution in [0.15, 0.2) is 12.4 Å². The number of rotatable bonds is 2. The summed E-state index contributed by atoms with van der Waals surface area (Å²) < 4.78 is 18.5. The highest BCUT2D eigenvalue weighted by Crippen LogP contribution is 2.19. The molecule has 0 aliphatic carbocycles. The molecule has 1 heterocycles. The smallest absolute Gasteiger partial charge is 0.181 e. The van der Waals surface area contributed by atoms with Crippen molar-refractivity contribution in [1.82, 2.24) is 4.98 Å². The molecule has 0 amide bonds. The van der Waals surface area contributed by atoms with Crippen molar-refractivity contribution in [2.45, 2.75) is 6.92 Å². The number of hydrogen-bond donors (Lipinski definition) is 0. The molecule has 2 nitrogen and oxygen atoms in total. The van der Waals surface area contributed by atoms with E-state index in [0.29, 0.717) is 10.2 Å². The van der Waals surface area contributed by atoms with Crippen LogP contribution in [0.25, 0.3) is 0 Å². The van der Waals surface area contributed by atoms with Gasteiger partial charge < -0.3 is 4.74 Å². The van der Waals surface area contributed by atoms with Crippen molar-refractivity contribution in [3.8, 4) is 5.75 Å². The molecule has 60 valence electrons. The lowest BCUT2D eigenvalue weighted by Gasteiger charge is -2.03. The van der Waals surface area contributed by atoms with Gasteiger partial charge in [0.05, 0.1) is 16.4 Å². The molecule has 0 aliphatic heterocycles. The molecule has 0 fully saturated rings. The van der Waals surface area contributed by atoms with Crippen molar-refractivity contribution in [2.24, 2.45) is 0 Å². The van der Waals surface area contributed by atoms with Crippen LogP contribution < -0.4 is 4.74 Å². The maximum Gasteiger partial charge on any atom is 0.181 e. The largest absolute Gasteiger partial charge is 0.489 e. The molecule has 0 unspecified atom stereocenters. The highest BCUT2D eigenvalue weighted by molar-refractivity contribution is 14.1. The lowest BCUT2D eigenvalue weighted by molar-refractivity contribution is 0.319. The number of pyridine rings is 1. The van der Waals surface area contributed by atoms with Crippen molar-refractivity contribution >= 4 is 22.6 Å². The number of hydrogen-bond acceptors (Lipinski definition) is 2. The summed E-state index contributed by atoms with van der Waals surface area (Å²) in [6.07, 6.45) is 2.83. The molecule has 1 aromatic rings. The Labute approximate surface area is 77.9 Å². The van der Waals surface area contributed by atoms with Crippen LogP contribution in [0.2, 0.25) is 0 Å². The minimum atomic E-state index is -0.331. The van der Waals surface area contributed by atoms with Crippen LogP contribution in [0.3, 0.4) is 0 Å². The SMILES string of the molecule is CCOc1cncc(I)c1F. The highest BCUT2D eigenvalue weighted by Gasteiger charge is 2.05. The van der Waals surface area contributed by atoms with E-state index in [1.54, 1.807) is 6.92 Å². The van der Waals surface area contributed by atoms with E-state index < -0.39 is 0 Å². The minimum absolute atomic E-state index is 0.222. The van der Waals surface area contributed by atoms with Gasteiger partial charge in [-0.2, -0.15) is 0 Å². The third kappa shape index (κ3) is 2.02. The first kappa shape index (κ1) is 8.70. The van der Waals surface area contributed by atoms with E-state index in [2.05, 4.69) is 4.98 Å². The molecule has 0 radical (unpaired) electrons. The Bertz CT molecular complexity index is 254. The van der Waals surface area contributed by atoms with Crippen molar-refractivity contribution in [1.29, 1.82) is 0 Å². The summed E-state index contributed by atoms with van der Waals surface area (Å²) in [5, 5.41) is 0. The Hall–Kier alpha value is -0.390. The van der Waals surface area contributed by atoms with Crippen LogP contribution >= 0.6 is 22.6 Å². The third-order valence-corrected chi connectivity index (χ3v) is 1.86. The summed E-state index contributed by atoms with van der Waals surface area (Å²) in [7, 11) is 0. The lowest BCUT2D eigenvalue weighted by atomic mass is 10.4. The maximum absolute atomic E-state index is 13.0. The number of halogens is 2. The molecule has 0 spiro atoms. The molecular formula is C7H7FINO. The average molecular weight is 267 g/mol. The quantitative estimate of drug-likeness (QED) is 0.766. The Kier molecular flexibility index (Phi) is 3.04. The van der Waals surface area contributed by atoms with Gasteiger partial charge in [-0.1, -0.05) is 0 Å². The lowest BCUT2D eigenvalue weighted by Crippen LogP contribution is -1.96. The van der Waals surface area contributed by atoms with Crippen LogP contribution in [-0.4, -0.2) is 11.6 Å². The molecule has 0 N–H and O–H groups in total. The van der Waals surface area contributed by atoms with Crippen molar-refractivity contribution in [3.63, 3.8) is 0 Å². The predicted molar refractivity (Wildman–Crippen MR) is 48.1 cm³/mol. The Morgan fingerprint density at radius 2 is 2.36 bits per heavy atom. The van der Waals surface area contributed by atoms with Gasteiger partial charge in [-0.25, -0.2) is 4.39 Å². The zero-order valence-electron chi connectivity index (χ0n) is 5.97. The molecule has 4 heteroatoms. The highest BCUT2D eigenvalue weighted by atomic mass is 127. The second kappa shape index (κ2) is 3.85. The fourth-order valence-corrected chi connectivity index (χ4v) is 1.08. The number of nitrogens with zero attached hydrogens (tertiary/aromatic N) is 1. The Balaban J connectivity index is 2.96. The molecule has 1 aromatic heterocycles. The molecule has 0 aliphatic rings. The van der Waals surface area contributed by atoms with Crippen LogP contribution in [-0.2, 0) is 0 Å². The van der Waals surface area contributed by atoms with E-state index in [9.17, 15) is 4.39 Å². The fourth-order valence-electron chi connectivity index (χ4n) is 0.658. The number of ether oxygens (including phenoxy) is 1. The summed E-state index contributed by atoms with van der Waals surface area (Å²) in [5.74, 6) is -0.109. The Morgan fingerprint density at radius 1 is 1.64 bits per heavy atom. The van der Waals surface area contributed by atoms with Gasteiger partial charge in [0.25, 0.3) is 0 Å². The first-order valence-electron chi connectivity index (χ1n) is 3.17. The minimum Gasteiger partial charge on any atom is -0.489 e. The van der Waals surface area contributed by atoms with Crippen LogP contribution in [0, 0.1) is 9.39 Å². The molecule has 0 saturated carbocycles. The van der Waals surface area contributed by atoms with Crippen LogP contribution in [0.1, 0.15) is 6.92 Å². The molecule has 11 heavy (non-hydrogen) atoms. The zero-order chi connectivity index (χ0) is 8.27. The number of aromatic nitrogens is 1. The van der Waals surface area contributed by atoms with Gasteiger partial charge in [0.2, 0.25) is 0 Å². The van der Waals surface area contributed by atoms with Gasteiger partial charge in [0, 0.05) is 6.20 Å². The van der Waals surface area contributed by atoms with Gasteiger partial charge in [-0.3, -0.25) is 4.98 Å². The molecular weight excluding hydrogens is 260 g/mol. The summed E-state index contributed by atoms with van der Waals surface area (Å²) in [5.41, 5.74) is 0. The van der Waals surface area contributed by atoms with Gasteiger partial charge in [0.1, 0.15) is 0 Å². The normalized spacial score (nSPS) is 9.73. The monoisotopic (exact) mass is 267 g/mol. The van der Waals surface area contributed by atoms with Crippen LogP contribution in [0.5, 0.6) is 5.75 Å². The molecule has 0 aromatic carbocycles. The van der Waals surface area contributed by atoms with Gasteiger partial charge in [-0.05, 0) is 29.5 Å². The van der Waals surface area contributed by atoms with E-state index >= 15 is 0 Å². The average Bonchev–Trinajstić information content (AvgIpc) is 1.99. The first-order valence-corrected chi connectivity index (χ1v) is 4.25. The maximum atomic E-state index is 13.0. The first-order chi connectivity index (χ1) is 5.25. The third-order valence-electron chi connectivity index (χ3n) is 1.11. The van der Waals surface area contributed by atoms with E-state index in [0.717, 1.165) is 0 Å². The second-order valence-electron chi connectivity index (χ2n) is 1.87. The molecule has 0 saturated heterocycles. The predicted octanol–water partition coefficient (Wildman–Crippen LogP) is 2.22. The van der Waals surface area contributed by atoms with E-state index in [1.165, 1.54) is 12.4 Å². The Morgan fingerprint density at radius 3 is 3.00 bits per heavy atom. The van der Waals surface area contributed by atoms with E-state index in [1.807, 2.05) is 22.6 Å². The topological polar surface area (TPSA) is 22.1 Å². The van der Waals surface area contributed by atoms with E-state index in [4.69, 9.17) is 4.74 Å². The molecule has 1 rings (SSSR count). The zero-order valence-corrected chi connectivity index (χ0v) is 8.13. The van der Waals surface area contributed by atoms with Gasteiger partial charge in [-0.15, -0.1) is 0 Å².